The Kier molecular flexibility index (Phi) is 5.37. The second-order valence-electron chi connectivity index (χ2n) is 4.56. The van der Waals surface area contributed by atoms with Gasteiger partial charge >= 0.3 is 0 Å². The van der Waals surface area contributed by atoms with Crippen molar-refractivity contribution in [3.63, 3.8) is 0 Å². The molecule has 0 fully saturated rings. The van der Waals surface area contributed by atoms with Gasteiger partial charge in [0.1, 0.15) is 0 Å². The summed E-state index contributed by atoms with van der Waals surface area (Å²) in [5.41, 5.74) is 6.96. The van der Waals surface area contributed by atoms with E-state index in [-0.39, 0.29) is 0 Å². The van der Waals surface area contributed by atoms with Crippen LogP contribution < -0.4 is 25.8 Å². The van der Waals surface area contributed by atoms with Crippen molar-refractivity contribution in [3.05, 3.63) is 48.0 Å². The molecule has 6 nitrogen and oxygen atoms in total. The van der Waals surface area contributed by atoms with Crippen molar-refractivity contribution in [1.82, 2.24) is 0 Å². The van der Waals surface area contributed by atoms with Crippen molar-refractivity contribution in [3.8, 4) is 11.5 Å². The average molecular weight is 331 g/mol. The van der Waals surface area contributed by atoms with Gasteiger partial charge in [-0.3, -0.25) is 4.79 Å². The highest BCUT2D eigenvalue weighted by atomic mass is 32.1. The summed E-state index contributed by atoms with van der Waals surface area (Å²) in [7, 11) is 3.12. The summed E-state index contributed by atoms with van der Waals surface area (Å²) >= 11 is 5.26. The lowest BCUT2D eigenvalue weighted by atomic mass is 10.1. The zero-order chi connectivity index (χ0) is 16.8. The number of carbonyl (C=O) groups is 1. The van der Waals surface area contributed by atoms with Crippen LogP contribution in [0, 0.1) is 0 Å². The molecule has 2 aromatic carbocycles. The van der Waals surface area contributed by atoms with Gasteiger partial charge < -0.3 is 25.8 Å². The summed E-state index contributed by atoms with van der Waals surface area (Å²) in [6.07, 6.45) is 0. The van der Waals surface area contributed by atoms with E-state index in [0.29, 0.717) is 27.9 Å². The largest absolute Gasteiger partial charge is 0.493 e. The van der Waals surface area contributed by atoms with Gasteiger partial charge in [0, 0.05) is 11.8 Å². The first kappa shape index (κ1) is 16.6. The van der Waals surface area contributed by atoms with Crippen LogP contribution in [0.5, 0.6) is 11.5 Å². The van der Waals surface area contributed by atoms with Crippen LogP contribution in [0.4, 0.5) is 11.4 Å². The molecule has 0 aromatic heterocycles. The number of ether oxygens (including phenoxy) is 2. The SMILES string of the molecule is COc1ccc(NC(=S)Nc2ccccc2C(N)=O)cc1OC. The van der Waals surface area contributed by atoms with Crippen molar-refractivity contribution < 1.29 is 14.3 Å². The number of para-hydroxylation sites is 1. The number of carbonyl (C=O) groups excluding carboxylic acids is 1. The third-order valence-electron chi connectivity index (χ3n) is 3.08. The number of primary amides is 1. The molecular weight excluding hydrogens is 314 g/mol. The summed E-state index contributed by atoms with van der Waals surface area (Å²) in [4.78, 5) is 11.4. The molecule has 0 saturated carbocycles. The minimum atomic E-state index is -0.526. The number of methoxy groups -OCH3 is 2. The standard InChI is InChI=1S/C16H17N3O3S/c1-21-13-8-7-10(9-14(13)22-2)18-16(23)19-12-6-4-3-5-11(12)15(17)20/h3-9H,1-2H3,(H2,17,20)(H2,18,19,23). The maximum Gasteiger partial charge on any atom is 0.250 e. The van der Waals surface area contributed by atoms with Crippen LogP contribution in [0.15, 0.2) is 42.5 Å². The quantitative estimate of drug-likeness (QED) is 0.730. The Morgan fingerprint density at radius 3 is 2.39 bits per heavy atom. The molecule has 120 valence electrons. The third kappa shape index (κ3) is 4.10. The lowest BCUT2D eigenvalue weighted by molar-refractivity contribution is 0.100. The fraction of sp³-hybridized carbons (Fsp3) is 0.125. The monoisotopic (exact) mass is 331 g/mol. The summed E-state index contributed by atoms with van der Waals surface area (Å²) in [6, 6.07) is 12.2. The van der Waals surface area contributed by atoms with Gasteiger partial charge in [0.15, 0.2) is 16.6 Å². The van der Waals surface area contributed by atoms with Crippen LogP contribution in [0.2, 0.25) is 0 Å². The van der Waals surface area contributed by atoms with Crippen LogP contribution in [0.25, 0.3) is 0 Å². The molecule has 0 unspecified atom stereocenters. The smallest absolute Gasteiger partial charge is 0.250 e. The lowest BCUT2D eigenvalue weighted by Gasteiger charge is -2.14. The van der Waals surface area contributed by atoms with E-state index < -0.39 is 5.91 Å². The number of thiocarbonyl (C=S) groups is 1. The Bertz CT molecular complexity index is 734. The van der Waals surface area contributed by atoms with Gasteiger partial charge in [0.25, 0.3) is 5.91 Å². The van der Waals surface area contributed by atoms with Gasteiger partial charge in [0.05, 0.1) is 25.5 Å². The van der Waals surface area contributed by atoms with Crippen LogP contribution in [-0.4, -0.2) is 25.2 Å². The Morgan fingerprint density at radius 1 is 1.04 bits per heavy atom. The van der Waals surface area contributed by atoms with Crippen LogP contribution >= 0.6 is 12.2 Å². The van der Waals surface area contributed by atoms with Crippen molar-refractivity contribution >= 4 is 34.6 Å². The van der Waals surface area contributed by atoms with E-state index in [2.05, 4.69) is 10.6 Å². The van der Waals surface area contributed by atoms with E-state index in [9.17, 15) is 4.79 Å². The topological polar surface area (TPSA) is 85.6 Å². The molecule has 0 aliphatic rings. The number of hydrogen-bond acceptors (Lipinski definition) is 4. The highest BCUT2D eigenvalue weighted by Crippen LogP contribution is 2.29. The van der Waals surface area contributed by atoms with E-state index >= 15 is 0 Å². The fourth-order valence-corrected chi connectivity index (χ4v) is 2.23. The molecule has 0 spiro atoms. The fourth-order valence-electron chi connectivity index (χ4n) is 2.01. The number of anilines is 2. The zero-order valence-electron chi connectivity index (χ0n) is 12.8. The molecule has 2 rings (SSSR count). The summed E-state index contributed by atoms with van der Waals surface area (Å²) in [5.74, 6) is 0.677. The van der Waals surface area contributed by atoms with E-state index in [1.807, 2.05) is 0 Å². The average Bonchev–Trinajstić information content (AvgIpc) is 2.54. The Balaban J connectivity index is 2.13. The zero-order valence-corrected chi connectivity index (χ0v) is 13.6. The van der Waals surface area contributed by atoms with Crippen LogP contribution in [-0.2, 0) is 0 Å². The number of benzene rings is 2. The Morgan fingerprint density at radius 2 is 1.74 bits per heavy atom. The van der Waals surface area contributed by atoms with E-state index in [1.54, 1.807) is 56.7 Å². The van der Waals surface area contributed by atoms with Gasteiger partial charge in [-0.05, 0) is 36.5 Å². The van der Waals surface area contributed by atoms with E-state index in [1.165, 1.54) is 0 Å². The lowest BCUT2D eigenvalue weighted by Crippen LogP contribution is -2.22. The number of rotatable bonds is 5. The minimum Gasteiger partial charge on any atom is -0.493 e. The van der Waals surface area contributed by atoms with Crippen LogP contribution in [0.3, 0.4) is 0 Å². The summed E-state index contributed by atoms with van der Waals surface area (Å²) in [5, 5.41) is 6.29. The maximum atomic E-state index is 11.4. The van der Waals surface area contributed by atoms with Gasteiger partial charge in [0.2, 0.25) is 0 Å². The van der Waals surface area contributed by atoms with Gasteiger partial charge in [-0.15, -0.1) is 0 Å². The summed E-state index contributed by atoms with van der Waals surface area (Å²) in [6.45, 7) is 0. The number of hydrogen-bond donors (Lipinski definition) is 3. The Labute approximate surface area is 139 Å². The van der Waals surface area contributed by atoms with Gasteiger partial charge in [-0.1, -0.05) is 12.1 Å². The van der Waals surface area contributed by atoms with E-state index in [0.717, 1.165) is 5.69 Å². The molecule has 0 aliphatic carbocycles. The molecule has 0 bridgehead atoms. The third-order valence-corrected chi connectivity index (χ3v) is 3.29. The number of nitrogens with two attached hydrogens (primary N) is 1. The number of nitrogens with one attached hydrogen (secondary N) is 2. The van der Waals surface area contributed by atoms with Crippen LogP contribution in [0.1, 0.15) is 10.4 Å². The Hall–Kier alpha value is -2.80. The molecule has 0 aliphatic heterocycles. The molecule has 2 aromatic rings. The number of amides is 1. The highest BCUT2D eigenvalue weighted by Gasteiger charge is 2.09. The molecule has 4 N–H and O–H groups in total. The van der Waals surface area contributed by atoms with Crippen molar-refractivity contribution in [2.45, 2.75) is 0 Å². The first-order valence-electron chi connectivity index (χ1n) is 6.74. The predicted molar refractivity (Wildman–Crippen MR) is 94.3 cm³/mol. The van der Waals surface area contributed by atoms with Crippen molar-refractivity contribution in [2.24, 2.45) is 5.73 Å². The van der Waals surface area contributed by atoms with Crippen molar-refractivity contribution in [1.29, 1.82) is 0 Å². The molecular formula is C16H17N3O3S. The normalized spacial score (nSPS) is 9.83. The first-order valence-corrected chi connectivity index (χ1v) is 7.15. The summed E-state index contributed by atoms with van der Waals surface area (Å²) < 4.78 is 10.4. The molecule has 0 radical (unpaired) electrons. The second-order valence-corrected chi connectivity index (χ2v) is 4.97. The molecule has 0 saturated heterocycles. The molecule has 23 heavy (non-hydrogen) atoms. The molecule has 7 heteroatoms. The molecule has 1 amide bonds. The molecule has 0 atom stereocenters. The van der Waals surface area contributed by atoms with Crippen molar-refractivity contribution in [2.75, 3.05) is 24.9 Å². The maximum absolute atomic E-state index is 11.4. The highest BCUT2D eigenvalue weighted by molar-refractivity contribution is 7.80. The predicted octanol–water partition coefficient (Wildman–Crippen LogP) is 2.61. The minimum absolute atomic E-state index is 0.325. The van der Waals surface area contributed by atoms with E-state index in [4.69, 9.17) is 27.4 Å². The van der Waals surface area contributed by atoms with Gasteiger partial charge in [-0.25, -0.2) is 0 Å². The van der Waals surface area contributed by atoms with Gasteiger partial charge in [-0.2, -0.15) is 0 Å². The first-order chi connectivity index (χ1) is 11.0. The second kappa shape index (κ2) is 7.46. The molecule has 0 heterocycles.